The van der Waals surface area contributed by atoms with Crippen LogP contribution in [0.4, 0.5) is 0 Å². The van der Waals surface area contributed by atoms with Gasteiger partial charge in [0.05, 0.1) is 12.0 Å². The first kappa shape index (κ1) is 7.43. The molecule has 0 unspecified atom stereocenters. The summed E-state index contributed by atoms with van der Waals surface area (Å²) in [5.74, 6) is -1.62. The van der Waals surface area contributed by atoms with Crippen LogP contribution in [0.2, 0.25) is 0 Å². The van der Waals surface area contributed by atoms with Gasteiger partial charge in [-0.3, -0.25) is 4.79 Å². The van der Waals surface area contributed by atoms with E-state index in [0.29, 0.717) is 0 Å². The molecule has 0 aromatic heterocycles. The Labute approximate surface area is 47.9 Å². The molecule has 0 spiro atoms. The smallest absolute Gasteiger partial charge is 0.308 e. The van der Waals surface area contributed by atoms with E-state index in [1.165, 1.54) is 13.8 Å². The standard InChI is InChI=1S/C5H10O3/c1-3(4(2)6)5(7)8/h3-4,6H,1-2H3,(H,7,8)/t3-,4+/m0/s1. The largest absolute Gasteiger partial charge is 0.481 e. The van der Waals surface area contributed by atoms with Crippen LogP contribution in [0, 0.1) is 5.92 Å². The zero-order valence-corrected chi connectivity index (χ0v) is 4.96. The lowest BCUT2D eigenvalue weighted by atomic mass is 10.1. The Kier molecular flexibility index (Phi) is 2.48. The third-order valence-electron chi connectivity index (χ3n) is 1.11. The number of carboxylic acids is 1. The van der Waals surface area contributed by atoms with Crippen molar-refractivity contribution < 1.29 is 15.0 Å². The highest BCUT2D eigenvalue weighted by Gasteiger charge is 2.15. The Hall–Kier alpha value is -0.570. The third kappa shape index (κ3) is 1.93. The van der Waals surface area contributed by atoms with Crippen molar-refractivity contribution in [1.82, 2.24) is 0 Å². The van der Waals surface area contributed by atoms with E-state index in [1.807, 2.05) is 0 Å². The minimum Gasteiger partial charge on any atom is -0.481 e. The summed E-state index contributed by atoms with van der Waals surface area (Å²) >= 11 is 0. The quantitative estimate of drug-likeness (QED) is 0.540. The predicted octanol–water partition coefficient (Wildman–Crippen LogP) is 0.0879. The fourth-order valence-electron chi connectivity index (χ4n) is 0.206. The Morgan fingerprint density at radius 1 is 1.50 bits per heavy atom. The van der Waals surface area contributed by atoms with Crippen molar-refractivity contribution in [1.29, 1.82) is 0 Å². The first-order valence-electron chi connectivity index (χ1n) is 2.46. The average Bonchev–Trinajstić information content (AvgIpc) is 1.64. The van der Waals surface area contributed by atoms with Gasteiger partial charge in [0.2, 0.25) is 0 Å². The molecule has 0 rings (SSSR count). The van der Waals surface area contributed by atoms with Crippen LogP contribution in [0.3, 0.4) is 0 Å². The lowest BCUT2D eigenvalue weighted by Gasteiger charge is -2.06. The second-order valence-corrected chi connectivity index (χ2v) is 1.87. The van der Waals surface area contributed by atoms with Gasteiger partial charge in [-0.05, 0) is 13.8 Å². The zero-order valence-electron chi connectivity index (χ0n) is 4.96. The molecule has 0 aliphatic carbocycles. The van der Waals surface area contributed by atoms with Crippen LogP contribution in [-0.4, -0.2) is 22.3 Å². The van der Waals surface area contributed by atoms with Gasteiger partial charge in [0.1, 0.15) is 0 Å². The van der Waals surface area contributed by atoms with Crippen molar-refractivity contribution in [2.75, 3.05) is 0 Å². The molecule has 3 heteroatoms. The molecular weight excluding hydrogens is 108 g/mol. The molecule has 2 N–H and O–H groups in total. The number of hydrogen-bond acceptors (Lipinski definition) is 2. The van der Waals surface area contributed by atoms with Crippen LogP contribution in [0.25, 0.3) is 0 Å². The van der Waals surface area contributed by atoms with Crippen LogP contribution in [0.15, 0.2) is 0 Å². The molecule has 3 nitrogen and oxygen atoms in total. The highest BCUT2D eigenvalue weighted by molar-refractivity contribution is 5.70. The van der Waals surface area contributed by atoms with Crippen LogP contribution < -0.4 is 0 Å². The van der Waals surface area contributed by atoms with Gasteiger partial charge in [-0.2, -0.15) is 0 Å². The number of hydrogen-bond donors (Lipinski definition) is 2. The van der Waals surface area contributed by atoms with Crippen LogP contribution in [0.1, 0.15) is 13.8 Å². The first-order valence-corrected chi connectivity index (χ1v) is 2.46. The second-order valence-electron chi connectivity index (χ2n) is 1.87. The van der Waals surface area contributed by atoms with Gasteiger partial charge in [-0.1, -0.05) is 0 Å². The highest BCUT2D eigenvalue weighted by atomic mass is 16.4. The SMILES string of the molecule is C[C@H](C(=O)O)[C@@H](C)O. The first-order chi connectivity index (χ1) is 3.55. The Bertz CT molecular complexity index is 87.7. The van der Waals surface area contributed by atoms with Gasteiger partial charge in [0.25, 0.3) is 0 Å². The molecule has 0 bridgehead atoms. The molecular formula is C5H10O3. The predicted molar refractivity (Wildman–Crippen MR) is 28.5 cm³/mol. The molecule has 0 saturated carbocycles. The van der Waals surface area contributed by atoms with E-state index in [1.54, 1.807) is 0 Å². The molecule has 0 aromatic carbocycles. The number of carboxylic acid groups (broad SMARTS) is 1. The highest BCUT2D eigenvalue weighted by Crippen LogP contribution is 1.99. The van der Waals surface area contributed by atoms with Gasteiger partial charge < -0.3 is 10.2 Å². The number of rotatable bonds is 2. The summed E-state index contributed by atoms with van der Waals surface area (Å²) in [5, 5.41) is 16.8. The van der Waals surface area contributed by atoms with Crippen LogP contribution >= 0.6 is 0 Å². The maximum atomic E-state index is 9.98. The van der Waals surface area contributed by atoms with Gasteiger partial charge in [-0.15, -0.1) is 0 Å². The van der Waals surface area contributed by atoms with E-state index in [2.05, 4.69) is 0 Å². The molecule has 0 aromatic rings. The third-order valence-corrected chi connectivity index (χ3v) is 1.11. The minimum atomic E-state index is -0.958. The fraction of sp³-hybridized carbons (Fsp3) is 0.800. The summed E-state index contributed by atoms with van der Waals surface area (Å²) in [6.45, 7) is 2.92. The van der Waals surface area contributed by atoms with E-state index in [4.69, 9.17) is 10.2 Å². The Morgan fingerprint density at radius 3 is 1.88 bits per heavy atom. The molecule has 0 amide bonds. The Morgan fingerprint density at radius 2 is 1.88 bits per heavy atom. The molecule has 0 saturated heterocycles. The lowest BCUT2D eigenvalue weighted by Crippen LogP contribution is -2.21. The molecule has 48 valence electrons. The van der Waals surface area contributed by atoms with Gasteiger partial charge in [0, 0.05) is 0 Å². The molecule has 0 heterocycles. The number of aliphatic hydroxyl groups excluding tert-OH is 1. The van der Waals surface area contributed by atoms with Gasteiger partial charge in [0.15, 0.2) is 0 Å². The molecule has 8 heavy (non-hydrogen) atoms. The van der Waals surface area contributed by atoms with Gasteiger partial charge in [-0.25, -0.2) is 0 Å². The minimum absolute atomic E-state index is 0.657. The topological polar surface area (TPSA) is 57.5 Å². The maximum absolute atomic E-state index is 9.98. The zero-order chi connectivity index (χ0) is 6.73. The van der Waals surface area contributed by atoms with Crippen molar-refractivity contribution >= 4 is 5.97 Å². The van der Waals surface area contributed by atoms with E-state index < -0.39 is 18.0 Å². The van der Waals surface area contributed by atoms with Crippen LogP contribution in [-0.2, 0) is 4.79 Å². The normalized spacial score (nSPS) is 17.4. The summed E-state index contributed by atoms with van der Waals surface area (Å²) in [4.78, 5) is 9.98. The van der Waals surface area contributed by atoms with Crippen LogP contribution in [0.5, 0.6) is 0 Å². The fourth-order valence-corrected chi connectivity index (χ4v) is 0.206. The van der Waals surface area contributed by atoms with Crippen molar-refractivity contribution in [3.05, 3.63) is 0 Å². The maximum Gasteiger partial charge on any atom is 0.308 e. The number of aliphatic carboxylic acids is 1. The molecule has 0 fully saturated rings. The van der Waals surface area contributed by atoms with E-state index in [0.717, 1.165) is 0 Å². The van der Waals surface area contributed by atoms with Crippen molar-refractivity contribution in [3.8, 4) is 0 Å². The number of aliphatic hydroxyl groups is 1. The van der Waals surface area contributed by atoms with Crippen molar-refractivity contribution in [2.45, 2.75) is 20.0 Å². The molecule has 0 radical (unpaired) electrons. The molecule has 2 atom stereocenters. The number of carbonyl (C=O) groups is 1. The summed E-state index contributed by atoms with van der Waals surface area (Å²) in [7, 11) is 0. The molecule has 0 aliphatic heterocycles. The van der Waals surface area contributed by atoms with E-state index in [9.17, 15) is 4.79 Å². The molecule has 0 aliphatic rings. The average molecular weight is 118 g/mol. The lowest BCUT2D eigenvalue weighted by molar-refractivity contribution is -0.144. The summed E-state index contributed by atoms with van der Waals surface area (Å²) < 4.78 is 0. The summed E-state index contributed by atoms with van der Waals surface area (Å²) in [6.07, 6.45) is -0.757. The van der Waals surface area contributed by atoms with Gasteiger partial charge >= 0.3 is 5.97 Å². The monoisotopic (exact) mass is 118 g/mol. The summed E-state index contributed by atoms with van der Waals surface area (Å²) in [5.41, 5.74) is 0. The van der Waals surface area contributed by atoms with E-state index >= 15 is 0 Å². The second kappa shape index (κ2) is 2.67. The van der Waals surface area contributed by atoms with Crippen molar-refractivity contribution in [2.24, 2.45) is 5.92 Å². The summed E-state index contributed by atoms with van der Waals surface area (Å²) in [6, 6.07) is 0. The van der Waals surface area contributed by atoms with E-state index in [-0.39, 0.29) is 0 Å². The van der Waals surface area contributed by atoms with Crippen molar-refractivity contribution in [3.63, 3.8) is 0 Å². The Balaban J connectivity index is 3.64.